The highest BCUT2D eigenvalue weighted by Gasteiger charge is 2.09. The highest BCUT2D eigenvalue weighted by atomic mass is 19.1. The molecule has 0 aliphatic carbocycles. The second kappa shape index (κ2) is 11.0. The fraction of sp³-hybridized carbons (Fsp3) is 0.385. The van der Waals surface area contributed by atoms with Crippen molar-refractivity contribution in [2.45, 2.75) is 65.2 Å². The first kappa shape index (κ1) is 22.1. The lowest BCUT2D eigenvalue weighted by Crippen LogP contribution is -1.95. The molecule has 0 atom stereocenters. The van der Waals surface area contributed by atoms with Crippen LogP contribution in [0.5, 0.6) is 0 Å². The molecule has 0 aliphatic rings. The largest absolute Gasteiger partial charge is 0.236 e. The monoisotopic (exact) mass is 408 g/mol. The van der Waals surface area contributed by atoms with E-state index in [9.17, 15) is 8.78 Å². The van der Waals surface area contributed by atoms with Crippen LogP contribution in [0.4, 0.5) is 8.78 Å². The molecule has 0 aliphatic heterocycles. The molecule has 3 rings (SSSR count). The number of aryl methyl sites for hydroxylation is 2. The smallest absolute Gasteiger partial charge is 0.159 e. The van der Waals surface area contributed by atoms with Crippen LogP contribution in [0.15, 0.2) is 48.8 Å². The number of aromatic nitrogens is 2. The Morgan fingerprint density at radius 3 is 1.63 bits per heavy atom. The van der Waals surface area contributed by atoms with E-state index in [1.54, 1.807) is 18.5 Å². The zero-order chi connectivity index (χ0) is 21.3. The summed E-state index contributed by atoms with van der Waals surface area (Å²) in [4.78, 5) is 8.77. The third kappa shape index (κ3) is 5.71. The van der Waals surface area contributed by atoms with E-state index in [2.05, 4.69) is 23.8 Å². The third-order valence-electron chi connectivity index (χ3n) is 5.45. The second-order valence-corrected chi connectivity index (χ2v) is 7.82. The number of unbranched alkanes of at least 4 members (excludes halogenated alkanes) is 4. The lowest BCUT2D eigenvalue weighted by Gasteiger charge is -2.08. The molecular weight excluding hydrogens is 378 g/mol. The molecule has 0 unspecified atom stereocenters. The predicted octanol–water partition coefficient (Wildman–Crippen LogP) is 7.55. The van der Waals surface area contributed by atoms with Gasteiger partial charge in [-0.2, -0.15) is 0 Å². The van der Waals surface area contributed by atoms with Crippen LogP contribution in [-0.4, -0.2) is 9.97 Å². The van der Waals surface area contributed by atoms with Crippen LogP contribution in [0.2, 0.25) is 0 Å². The standard InChI is InChI=1S/C26H30F2N2/c1-3-5-7-9-19-11-13-21(15-24(19)27)23-17-29-26(30-18-23)22-14-12-20(25(28)16-22)10-8-6-4-2/h11-18H,3-10H2,1-2H3. The summed E-state index contributed by atoms with van der Waals surface area (Å²) in [6.45, 7) is 4.27. The van der Waals surface area contributed by atoms with Gasteiger partial charge in [0.25, 0.3) is 0 Å². The van der Waals surface area contributed by atoms with E-state index in [4.69, 9.17) is 0 Å². The second-order valence-electron chi connectivity index (χ2n) is 7.82. The number of nitrogens with zero attached hydrogens (tertiary/aromatic N) is 2. The Morgan fingerprint density at radius 1 is 0.633 bits per heavy atom. The van der Waals surface area contributed by atoms with Crippen molar-refractivity contribution in [3.05, 3.63) is 71.6 Å². The van der Waals surface area contributed by atoms with Crippen molar-refractivity contribution in [2.75, 3.05) is 0 Å². The summed E-state index contributed by atoms with van der Waals surface area (Å²) >= 11 is 0. The number of benzene rings is 2. The van der Waals surface area contributed by atoms with Crippen LogP contribution in [0.3, 0.4) is 0 Å². The Labute approximate surface area is 178 Å². The van der Waals surface area contributed by atoms with Gasteiger partial charge in [0.2, 0.25) is 0 Å². The van der Waals surface area contributed by atoms with Crippen LogP contribution in [-0.2, 0) is 12.8 Å². The summed E-state index contributed by atoms with van der Waals surface area (Å²) in [7, 11) is 0. The van der Waals surface area contributed by atoms with E-state index in [1.807, 2.05) is 24.3 Å². The molecule has 0 radical (unpaired) electrons. The van der Waals surface area contributed by atoms with E-state index in [-0.39, 0.29) is 11.6 Å². The van der Waals surface area contributed by atoms with Gasteiger partial charge < -0.3 is 0 Å². The van der Waals surface area contributed by atoms with Gasteiger partial charge >= 0.3 is 0 Å². The molecule has 3 aromatic rings. The van der Waals surface area contributed by atoms with E-state index < -0.39 is 0 Å². The van der Waals surface area contributed by atoms with Gasteiger partial charge in [-0.15, -0.1) is 0 Å². The molecule has 30 heavy (non-hydrogen) atoms. The molecule has 0 saturated heterocycles. The van der Waals surface area contributed by atoms with Gasteiger partial charge in [-0.25, -0.2) is 18.7 Å². The average Bonchev–Trinajstić information content (AvgIpc) is 2.76. The SMILES string of the molecule is CCCCCc1ccc(-c2cnc(-c3ccc(CCCCC)c(F)c3)nc2)cc1F. The molecule has 0 amide bonds. The zero-order valence-electron chi connectivity index (χ0n) is 17.9. The maximum Gasteiger partial charge on any atom is 0.159 e. The average molecular weight is 409 g/mol. The van der Waals surface area contributed by atoms with Crippen molar-refractivity contribution in [1.29, 1.82) is 0 Å². The third-order valence-corrected chi connectivity index (χ3v) is 5.45. The Kier molecular flexibility index (Phi) is 8.06. The Balaban J connectivity index is 1.72. The molecule has 1 heterocycles. The van der Waals surface area contributed by atoms with Crippen LogP contribution in [0, 0.1) is 11.6 Å². The maximum atomic E-state index is 14.4. The van der Waals surface area contributed by atoms with Crippen molar-refractivity contribution >= 4 is 0 Å². The summed E-state index contributed by atoms with van der Waals surface area (Å²) in [5.41, 5.74) is 3.62. The predicted molar refractivity (Wildman–Crippen MR) is 119 cm³/mol. The topological polar surface area (TPSA) is 25.8 Å². The lowest BCUT2D eigenvalue weighted by atomic mass is 10.0. The fourth-order valence-electron chi connectivity index (χ4n) is 3.58. The summed E-state index contributed by atoms with van der Waals surface area (Å²) < 4.78 is 28.8. The summed E-state index contributed by atoms with van der Waals surface area (Å²) in [5.74, 6) is 0.0693. The highest BCUT2D eigenvalue weighted by Crippen LogP contribution is 2.25. The van der Waals surface area contributed by atoms with Gasteiger partial charge in [0.1, 0.15) is 11.6 Å². The van der Waals surface area contributed by atoms with Crippen molar-refractivity contribution < 1.29 is 8.78 Å². The molecule has 0 bridgehead atoms. The van der Waals surface area contributed by atoms with Gasteiger partial charge in [-0.1, -0.05) is 63.8 Å². The summed E-state index contributed by atoms with van der Waals surface area (Å²) in [6, 6.07) is 10.5. The van der Waals surface area contributed by atoms with E-state index in [1.165, 1.54) is 6.07 Å². The van der Waals surface area contributed by atoms with Crippen molar-refractivity contribution in [2.24, 2.45) is 0 Å². The molecule has 2 nitrogen and oxygen atoms in total. The minimum Gasteiger partial charge on any atom is -0.236 e. The molecule has 0 fully saturated rings. The summed E-state index contributed by atoms with van der Waals surface area (Å²) in [6.07, 6.45) is 11.3. The fourth-order valence-corrected chi connectivity index (χ4v) is 3.58. The van der Waals surface area contributed by atoms with Crippen LogP contribution in [0.1, 0.15) is 63.5 Å². The quantitative estimate of drug-likeness (QED) is 0.324. The molecule has 4 heteroatoms. The Bertz CT molecular complexity index is 873. The molecule has 0 saturated carbocycles. The molecular formula is C26H30F2N2. The molecule has 1 aromatic heterocycles. The Hall–Kier alpha value is -2.62. The van der Waals surface area contributed by atoms with Gasteiger partial charge in [-0.05, 0) is 54.5 Å². The first-order valence-corrected chi connectivity index (χ1v) is 11.0. The number of rotatable bonds is 10. The number of hydrogen-bond donors (Lipinski definition) is 0. The molecule has 0 N–H and O–H groups in total. The molecule has 158 valence electrons. The van der Waals surface area contributed by atoms with E-state index >= 15 is 0 Å². The maximum absolute atomic E-state index is 14.4. The van der Waals surface area contributed by atoms with Gasteiger partial charge in [0.15, 0.2) is 5.82 Å². The Morgan fingerprint density at radius 2 is 1.13 bits per heavy atom. The van der Waals surface area contributed by atoms with Crippen LogP contribution < -0.4 is 0 Å². The van der Waals surface area contributed by atoms with Gasteiger partial charge in [-0.3, -0.25) is 0 Å². The molecule has 2 aromatic carbocycles. The number of halogens is 2. The summed E-state index contributed by atoms with van der Waals surface area (Å²) in [5, 5.41) is 0. The van der Waals surface area contributed by atoms with E-state index in [0.717, 1.165) is 73.6 Å². The van der Waals surface area contributed by atoms with Crippen molar-refractivity contribution in [3.63, 3.8) is 0 Å². The highest BCUT2D eigenvalue weighted by molar-refractivity contribution is 5.64. The van der Waals surface area contributed by atoms with E-state index in [0.29, 0.717) is 11.4 Å². The zero-order valence-corrected chi connectivity index (χ0v) is 17.9. The van der Waals surface area contributed by atoms with Crippen molar-refractivity contribution in [1.82, 2.24) is 9.97 Å². The lowest BCUT2D eigenvalue weighted by molar-refractivity contribution is 0.599. The van der Waals surface area contributed by atoms with Gasteiger partial charge in [0, 0.05) is 23.5 Å². The minimum absolute atomic E-state index is 0.187. The van der Waals surface area contributed by atoms with Crippen molar-refractivity contribution in [3.8, 4) is 22.5 Å². The van der Waals surface area contributed by atoms with Crippen LogP contribution >= 0.6 is 0 Å². The van der Waals surface area contributed by atoms with Gasteiger partial charge in [0.05, 0.1) is 0 Å². The molecule has 0 spiro atoms. The number of hydrogen-bond acceptors (Lipinski definition) is 2. The first-order valence-electron chi connectivity index (χ1n) is 11.0. The minimum atomic E-state index is -0.211. The van der Waals surface area contributed by atoms with Crippen LogP contribution in [0.25, 0.3) is 22.5 Å². The normalized spacial score (nSPS) is 11.1. The first-order chi connectivity index (χ1) is 14.6.